The summed E-state index contributed by atoms with van der Waals surface area (Å²) >= 11 is 0. The highest BCUT2D eigenvalue weighted by Gasteiger charge is 2.27. The number of ether oxygens (including phenoxy) is 1. The third kappa shape index (κ3) is 4.96. The Bertz CT molecular complexity index is 1280. The summed E-state index contributed by atoms with van der Waals surface area (Å²) < 4.78 is 7.28. The van der Waals surface area contributed by atoms with Crippen molar-refractivity contribution < 1.29 is 9.53 Å². The van der Waals surface area contributed by atoms with E-state index in [1.165, 1.54) is 23.4 Å². The molecule has 1 saturated carbocycles. The Hall–Kier alpha value is -4.31. The van der Waals surface area contributed by atoms with Gasteiger partial charge in [-0.1, -0.05) is 0 Å². The molecule has 10 nitrogen and oxygen atoms in total. The largest absolute Gasteiger partial charge is 0.473 e. The maximum Gasteiger partial charge on any atom is 0.252 e. The lowest BCUT2D eigenvalue weighted by Crippen LogP contribution is -2.29. The molecule has 0 radical (unpaired) electrons. The summed E-state index contributed by atoms with van der Waals surface area (Å²) in [7, 11) is 0. The van der Waals surface area contributed by atoms with E-state index in [4.69, 9.17) is 10.00 Å². The Labute approximate surface area is 190 Å². The number of carbonyl (C=O) groups excluding carboxylic acids is 1. The molecular weight excluding hydrogens is 420 g/mol. The zero-order valence-electron chi connectivity index (χ0n) is 18.5. The molecule has 0 saturated heterocycles. The van der Waals surface area contributed by atoms with Crippen LogP contribution in [0, 0.1) is 22.7 Å². The van der Waals surface area contributed by atoms with Gasteiger partial charge in [0.2, 0.25) is 0 Å². The minimum absolute atomic E-state index is 0.197. The van der Waals surface area contributed by atoms with Gasteiger partial charge in [0.1, 0.15) is 36.2 Å². The molecule has 1 fully saturated rings. The Kier molecular flexibility index (Phi) is 5.76. The van der Waals surface area contributed by atoms with Crippen molar-refractivity contribution in [3.8, 4) is 23.7 Å². The number of hydrogen-bond acceptors (Lipinski definition) is 8. The van der Waals surface area contributed by atoms with E-state index < -0.39 is 11.6 Å². The van der Waals surface area contributed by atoms with Crippen LogP contribution in [0.1, 0.15) is 73.0 Å². The topological polar surface area (TPSA) is 142 Å². The summed E-state index contributed by atoms with van der Waals surface area (Å²) in [6.07, 6.45) is 4.76. The van der Waals surface area contributed by atoms with Crippen LogP contribution in [0.15, 0.2) is 36.9 Å². The molecule has 33 heavy (non-hydrogen) atoms. The third-order valence-corrected chi connectivity index (χ3v) is 5.18. The fraction of sp³-hybridized carbons (Fsp3) is 0.348. The Morgan fingerprint density at radius 2 is 1.97 bits per heavy atom. The van der Waals surface area contributed by atoms with Crippen LogP contribution >= 0.6 is 0 Å². The molecule has 2 heterocycles. The number of amides is 1. The van der Waals surface area contributed by atoms with Gasteiger partial charge in [0.25, 0.3) is 5.91 Å². The van der Waals surface area contributed by atoms with Crippen LogP contribution in [0.3, 0.4) is 0 Å². The third-order valence-electron chi connectivity index (χ3n) is 5.18. The van der Waals surface area contributed by atoms with E-state index in [-0.39, 0.29) is 11.6 Å². The van der Waals surface area contributed by atoms with E-state index >= 15 is 0 Å². The monoisotopic (exact) mass is 442 g/mol. The van der Waals surface area contributed by atoms with Gasteiger partial charge in [-0.2, -0.15) is 20.3 Å². The van der Waals surface area contributed by atoms with Crippen molar-refractivity contribution in [2.75, 3.05) is 0 Å². The zero-order valence-corrected chi connectivity index (χ0v) is 18.5. The first-order valence-corrected chi connectivity index (χ1v) is 10.5. The summed E-state index contributed by atoms with van der Waals surface area (Å²) in [5.74, 6) is 1.40. The van der Waals surface area contributed by atoms with E-state index in [0.717, 1.165) is 18.4 Å². The van der Waals surface area contributed by atoms with Crippen LogP contribution in [-0.4, -0.2) is 36.2 Å². The first kappa shape index (κ1) is 21.9. The lowest BCUT2D eigenvalue weighted by Gasteiger charge is -2.20. The minimum Gasteiger partial charge on any atom is -0.473 e. The molecule has 2 aromatic heterocycles. The lowest BCUT2D eigenvalue weighted by molar-refractivity contribution is 0.0936. The fourth-order valence-electron chi connectivity index (χ4n) is 3.37. The van der Waals surface area contributed by atoms with E-state index in [9.17, 15) is 10.1 Å². The molecule has 166 valence electrons. The highest BCUT2D eigenvalue weighted by Crippen LogP contribution is 2.42. The van der Waals surface area contributed by atoms with Crippen molar-refractivity contribution in [2.45, 2.75) is 51.2 Å². The maximum atomic E-state index is 13.1. The number of rotatable bonds is 7. The van der Waals surface area contributed by atoms with Gasteiger partial charge < -0.3 is 10.1 Å². The molecule has 0 aliphatic heterocycles. The summed E-state index contributed by atoms with van der Waals surface area (Å²) in [4.78, 5) is 25.4. The highest BCUT2D eigenvalue weighted by atomic mass is 16.5. The van der Waals surface area contributed by atoms with Gasteiger partial charge in [-0.25, -0.2) is 15.0 Å². The highest BCUT2D eigenvalue weighted by molar-refractivity contribution is 5.95. The first-order chi connectivity index (χ1) is 15.8. The summed E-state index contributed by atoms with van der Waals surface area (Å²) in [6.45, 7) is 5.14. The van der Waals surface area contributed by atoms with Gasteiger partial charge in [0.05, 0.1) is 6.04 Å². The summed E-state index contributed by atoms with van der Waals surface area (Å²) in [5, 5.41) is 25.5. The molecule has 10 heteroatoms. The molecule has 0 bridgehead atoms. The van der Waals surface area contributed by atoms with Crippen LogP contribution in [-0.2, 0) is 0 Å². The number of nitrogens with one attached hydrogen (secondary N) is 1. The van der Waals surface area contributed by atoms with Crippen molar-refractivity contribution in [3.63, 3.8) is 0 Å². The Morgan fingerprint density at radius 1 is 1.18 bits per heavy atom. The second kappa shape index (κ2) is 8.67. The summed E-state index contributed by atoms with van der Waals surface area (Å²) in [5.41, 5.74) is 0.643. The van der Waals surface area contributed by atoms with Crippen molar-refractivity contribution in [3.05, 3.63) is 59.6 Å². The summed E-state index contributed by atoms with van der Waals surface area (Å²) in [6, 6.07) is 10.5. The number of hydrogen-bond donors (Lipinski definition) is 1. The predicted molar refractivity (Wildman–Crippen MR) is 116 cm³/mol. The lowest BCUT2D eigenvalue weighted by atomic mass is 10.0. The molecule has 1 aliphatic rings. The quantitative estimate of drug-likeness (QED) is 0.588. The van der Waals surface area contributed by atoms with Gasteiger partial charge in [-0.05, 0) is 63.3 Å². The van der Waals surface area contributed by atoms with E-state index in [0.29, 0.717) is 28.9 Å². The van der Waals surface area contributed by atoms with Crippen LogP contribution in [0.4, 0.5) is 0 Å². The van der Waals surface area contributed by atoms with Crippen LogP contribution in [0.2, 0.25) is 0 Å². The molecule has 1 aliphatic carbocycles. The van der Waals surface area contributed by atoms with Gasteiger partial charge in [0.15, 0.2) is 17.2 Å². The van der Waals surface area contributed by atoms with Crippen molar-refractivity contribution in [2.24, 2.45) is 0 Å². The fourth-order valence-corrected chi connectivity index (χ4v) is 3.37. The Balaban J connectivity index is 1.58. The number of nitrogens with zero attached hydrogens (tertiary/aromatic N) is 7. The van der Waals surface area contributed by atoms with Crippen molar-refractivity contribution in [1.29, 1.82) is 10.5 Å². The molecule has 1 N–H and O–H groups in total. The normalized spacial score (nSPS) is 14.1. The van der Waals surface area contributed by atoms with Crippen LogP contribution < -0.4 is 10.1 Å². The SMILES string of the molecule is C[C@H](NC(=O)c1cc(OC(C)(C)C#N)cc(C2CC2)c1)c1ncnn1-c1cc(C#N)ncn1. The second-order valence-corrected chi connectivity index (χ2v) is 8.39. The van der Waals surface area contributed by atoms with E-state index in [1.54, 1.807) is 26.8 Å². The number of nitriles is 2. The van der Waals surface area contributed by atoms with Gasteiger partial charge in [-0.15, -0.1) is 0 Å². The number of carbonyl (C=O) groups is 1. The number of benzene rings is 1. The molecule has 4 rings (SSSR count). The van der Waals surface area contributed by atoms with E-state index in [2.05, 4.69) is 31.4 Å². The average Bonchev–Trinajstić information content (AvgIpc) is 3.54. The second-order valence-electron chi connectivity index (χ2n) is 8.39. The molecule has 1 atom stereocenters. The molecule has 0 spiro atoms. The van der Waals surface area contributed by atoms with E-state index in [1.807, 2.05) is 18.2 Å². The predicted octanol–water partition coefficient (Wildman–Crippen LogP) is 2.98. The van der Waals surface area contributed by atoms with Crippen molar-refractivity contribution >= 4 is 5.91 Å². The van der Waals surface area contributed by atoms with Crippen LogP contribution in [0.25, 0.3) is 5.82 Å². The smallest absolute Gasteiger partial charge is 0.252 e. The minimum atomic E-state index is -1.01. The molecule has 3 aromatic rings. The molecule has 1 aromatic carbocycles. The standard InChI is InChI=1S/C23H22N8O2/c1-14(21-28-13-29-31(21)20-9-18(10-24)26-12-27-20)30-22(32)17-6-16(15-4-5-15)7-19(8-17)33-23(2,3)11-25/h6-9,12-15H,4-5H2,1-3H3,(H,30,32)/t14-/m0/s1. The van der Waals surface area contributed by atoms with Gasteiger partial charge in [0, 0.05) is 11.6 Å². The Morgan fingerprint density at radius 3 is 2.67 bits per heavy atom. The van der Waals surface area contributed by atoms with Crippen molar-refractivity contribution in [1.82, 2.24) is 30.0 Å². The first-order valence-electron chi connectivity index (χ1n) is 10.5. The van der Waals surface area contributed by atoms with Crippen LogP contribution in [0.5, 0.6) is 5.75 Å². The van der Waals surface area contributed by atoms with Gasteiger partial charge in [-0.3, -0.25) is 4.79 Å². The number of aromatic nitrogens is 5. The average molecular weight is 442 g/mol. The zero-order chi connectivity index (χ0) is 23.6. The molecule has 0 unspecified atom stereocenters. The van der Waals surface area contributed by atoms with Gasteiger partial charge >= 0.3 is 0 Å². The maximum absolute atomic E-state index is 13.1. The molecular formula is C23H22N8O2. The molecule has 1 amide bonds.